The highest BCUT2D eigenvalue weighted by atomic mass is 79.9. The molecule has 0 fully saturated rings. The number of rotatable bonds is 4. The third kappa shape index (κ3) is 3.08. The van der Waals surface area contributed by atoms with Crippen molar-refractivity contribution in [2.45, 2.75) is 6.61 Å². The van der Waals surface area contributed by atoms with Gasteiger partial charge in [-0.3, -0.25) is 4.79 Å². The van der Waals surface area contributed by atoms with Crippen molar-refractivity contribution >= 4 is 27.5 Å². The van der Waals surface area contributed by atoms with E-state index in [1.165, 1.54) is 12.1 Å². The lowest BCUT2D eigenvalue weighted by molar-refractivity contribution is 0.0998. The lowest BCUT2D eigenvalue weighted by Gasteiger charge is -2.12. The summed E-state index contributed by atoms with van der Waals surface area (Å²) >= 11 is 3.18. The van der Waals surface area contributed by atoms with Gasteiger partial charge in [-0.15, -0.1) is 0 Å². The van der Waals surface area contributed by atoms with Gasteiger partial charge in [0, 0.05) is 17.2 Å². The third-order valence-corrected chi connectivity index (χ3v) is 3.28. The summed E-state index contributed by atoms with van der Waals surface area (Å²) in [5.74, 6) is -0.666. The first-order chi connectivity index (χ1) is 9.49. The summed E-state index contributed by atoms with van der Waals surface area (Å²) in [4.78, 5) is 11.3. The SMILES string of the molecule is NC(=O)c1ccccc1COc1c(N)cc(F)cc1Br. The number of amides is 1. The molecule has 0 spiro atoms. The molecule has 0 radical (unpaired) electrons. The molecule has 6 heteroatoms. The lowest BCUT2D eigenvalue weighted by atomic mass is 10.1. The number of carbonyl (C=O) groups excluding carboxylic acids is 1. The molecule has 0 heterocycles. The standard InChI is InChI=1S/C14H12BrFN2O2/c15-11-5-9(16)6-12(17)13(11)20-7-8-3-1-2-4-10(8)14(18)19/h1-6H,7,17H2,(H2,18,19). The maximum absolute atomic E-state index is 13.1. The Bertz CT molecular complexity index is 638. The number of ether oxygens (including phenoxy) is 1. The molecule has 0 aliphatic heterocycles. The van der Waals surface area contributed by atoms with Gasteiger partial charge >= 0.3 is 0 Å². The average Bonchev–Trinajstić information content (AvgIpc) is 2.37. The zero-order chi connectivity index (χ0) is 14.7. The van der Waals surface area contributed by atoms with Gasteiger partial charge < -0.3 is 16.2 Å². The van der Waals surface area contributed by atoms with E-state index in [4.69, 9.17) is 16.2 Å². The molecule has 20 heavy (non-hydrogen) atoms. The maximum atomic E-state index is 13.1. The molecular formula is C14H12BrFN2O2. The number of primary amides is 1. The molecule has 0 aliphatic rings. The molecule has 104 valence electrons. The molecule has 2 aromatic carbocycles. The fraction of sp³-hybridized carbons (Fsp3) is 0.0714. The summed E-state index contributed by atoms with van der Waals surface area (Å²) in [5, 5.41) is 0. The number of nitrogens with two attached hydrogens (primary N) is 2. The van der Waals surface area contributed by atoms with Crippen LogP contribution in [-0.4, -0.2) is 5.91 Å². The van der Waals surface area contributed by atoms with Crippen molar-refractivity contribution in [2.24, 2.45) is 5.73 Å². The van der Waals surface area contributed by atoms with Crippen LogP contribution in [0.2, 0.25) is 0 Å². The van der Waals surface area contributed by atoms with Crippen LogP contribution < -0.4 is 16.2 Å². The first-order valence-corrected chi connectivity index (χ1v) is 6.53. The summed E-state index contributed by atoms with van der Waals surface area (Å²) in [7, 11) is 0. The van der Waals surface area contributed by atoms with Crippen LogP contribution in [0, 0.1) is 5.82 Å². The largest absolute Gasteiger partial charge is 0.486 e. The monoisotopic (exact) mass is 338 g/mol. The normalized spacial score (nSPS) is 10.3. The smallest absolute Gasteiger partial charge is 0.249 e. The van der Waals surface area contributed by atoms with Crippen LogP contribution in [0.3, 0.4) is 0 Å². The maximum Gasteiger partial charge on any atom is 0.249 e. The molecule has 4 N–H and O–H groups in total. The van der Waals surface area contributed by atoms with E-state index in [0.717, 1.165) is 0 Å². The Morgan fingerprint density at radius 2 is 2.00 bits per heavy atom. The van der Waals surface area contributed by atoms with E-state index < -0.39 is 11.7 Å². The minimum Gasteiger partial charge on any atom is -0.486 e. The first-order valence-electron chi connectivity index (χ1n) is 5.74. The number of benzene rings is 2. The van der Waals surface area contributed by atoms with E-state index in [9.17, 15) is 9.18 Å². The van der Waals surface area contributed by atoms with Gasteiger partial charge in [0.15, 0.2) is 5.75 Å². The molecule has 0 atom stereocenters. The van der Waals surface area contributed by atoms with Gasteiger partial charge in [0.1, 0.15) is 12.4 Å². The predicted molar refractivity (Wildman–Crippen MR) is 77.8 cm³/mol. The van der Waals surface area contributed by atoms with Crippen molar-refractivity contribution in [3.05, 3.63) is 57.8 Å². The minimum atomic E-state index is -0.532. The Balaban J connectivity index is 2.24. The second kappa shape index (κ2) is 5.92. The zero-order valence-corrected chi connectivity index (χ0v) is 12.0. The summed E-state index contributed by atoms with van der Waals surface area (Å²) in [6.45, 7) is 0.105. The van der Waals surface area contributed by atoms with Gasteiger partial charge in [-0.2, -0.15) is 0 Å². The van der Waals surface area contributed by atoms with Gasteiger partial charge in [0.25, 0.3) is 0 Å². The highest BCUT2D eigenvalue weighted by Gasteiger charge is 2.11. The van der Waals surface area contributed by atoms with Crippen molar-refractivity contribution < 1.29 is 13.9 Å². The van der Waals surface area contributed by atoms with Crippen molar-refractivity contribution in [3.63, 3.8) is 0 Å². The van der Waals surface area contributed by atoms with Gasteiger partial charge in [-0.05, 0) is 28.1 Å². The number of hydrogen-bond donors (Lipinski definition) is 2. The van der Waals surface area contributed by atoms with Crippen LogP contribution in [-0.2, 0) is 6.61 Å². The van der Waals surface area contributed by atoms with E-state index in [-0.39, 0.29) is 12.3 Å². The fourth-order valence-electron chi connectivity index (χ4n) is 1.77. The van der Waals surface area contributed by atoms with Gasteiger partial charge in [-0.25, -0.2) is 4.39 Å². The van der Waals surface area contributed by atoms with E-state index >= 15 is 0 Å². The molecule has 0 unspecified atom stereocenters. The summed E-state index contributed by atoms with van der Waals surface area (Å²) in [6, 6.07) is 9.25. The Kier molecular flexibility index (Phi) is 4.24. The summed E-state index contributed by atoms with van der Waals surface area (Å²) < 4.78 is 19.1. The molecule has 4 nitrogen and oxygen atoms in total. The molecule has 1 amide bonds. The summed E-state index contributed by atoms with van der Waals surface area (Å²) in [5.41, 5.74) is 12.2. The second-order valence-corrected chi connectivity index (χ2v) is 4.97. The van der Waals surface area contributed by atoms with Crippen LogP contribution in [0.5, 0.6) is 5.75 Å². The number of anilines is 1. The van der Waals surface area contributed by atoms with Crippen LogP contribution in [0.1, 0.15) is 15.9 Å². The van der Waals surface area contributed by atoms with Crippen molar-refractivity contribution in [2.75, 3.05) is 5.73 Å². The predicted octanol–water partition coefficient (Wildman–Crippen LogP) is 2.85. The molecule has 0 saturated heterocycles. The van der Waals surface area contributed by atoms with Gasteiger partial charge in [-0.1, -0.05) is 18.2 Å². The molecular weight excluding hydrogens is 327 g/mol. The van der Waals surface area contributed by atoms with E-state index in [2.05, 4.69) is 15.9 Å². The first kappa shape index (κ1) is 14.3. The molecule has 2 rings (SSSR count). The Hall–Kier alpha value is -2.08. The fourth-order valence-corrected chi connectivity index (χ4v) is 2.33. The van der Waals surface area contributed by atoms with Gasteiger partial charge in [0.05, 0.1) is 10.2 Å². The quantitative estimate of drug-likeness (QED) is 0.841. The number of nitrogen functional groups attached to an aromatic ring is 1. The molecule has 0 bridgehead atoms. The zero-order valence-electron chi connectivity index (χ0n) is 10.4. The second-order valence-electron chi connectivity index (χ2n) is 4.12. The van der Waals surface area contributed by atoms with Crippen molar-refractivity contribution in [1.29, 1.82) is 0 Å². The Labute approximate surface area is 123 Å². The Morgan fingerprint density at radius 3 is 2.65 bits per heavy atom. The van der Waals surface area contributed by atoms with Crippen molar-refractivity contribution in [3.8, 4) is 5.75 Å². The van der Waals surface area contributed by atoms with Crippen LogP contribution in [0.15, 0.2) is 40.9 Å². The molecule has 0 aromatic heterocycles. The van der Waals surface area contributed by atoms with E-state index in [1.807, 2.05) is 0 Å². The highest BCUT2D eigenvalue weighted by Crippen LogP contribution is 2.33. The summed E-state index contributed by atoms with van der Waals surface area (Å²) in [6.07, 6.45) is 0. The number of carbonyl (C=O) groups is 1. The molecule has 0 aliphatic carbocycles. The van der Waals surface area contributed by atoms with Crippen LogP contribution >= 0.6 is 15.9 Å². The van der Waals surface area contributed by atoms with E-state index in [0.29, 0.717) is 21.3 Å². The molecule has 2 aromatic rings. The highest BCUT2D eigenvalue weighted by molar-refractivity contribution is 9.10. The van der Waals surface area contributed by atoms with Crippen molar-refractivity contribution in [1.82, 2.24) is 0 Å². The minimum absolute atomic E-state index is 0.105. The molecule has 0 saturated carbocycles. The third-order valence-electron chi connectivity index (χ3n) is 2.69. The Morgan fingerprint density at radius 1 is 1.30 bits per heavy atom. The topological polar surface area (TPSA) is 78.3 Å². The lowest BCUT2D eigenvalue weighted by Crippen LogP contribution is -2.14. The van der Waals surface area contributed by atoms with Gasteiger partial charge in [0.2, 0.25) is 5.91 Å². The number of hydrogen-bond acceptors (Lipinski definition) is 3. The van der Waals surface area contributed by atoms with Crippen LogP contribution in [0.4, 0.5) is 10.1 Å². The number of halogens is 2. The van der Waals surface area contributed by atoms with Crippen LogP contribution in [0.25, 0.3) is 0 Å². The average molecular weight is 339 g/mol. The van der Waals surface area contributed by atoms with E-state index in [1.54, 1.807) is 24.3 Å².